The second kappa shape index (κ2) is 7.22. The molecule has 0 unspecified atom stereocenters. The normalized spacial score (nSPS) is 12.0. The fraction of sp³-hybridized carbons (Fsp3) is 0.214. The summed E-state index contributed by atoms with van der Waals surface area (Å²) >= 11 is 6.43. The molecule has 136 valence electrons. The first-order valence-electron chi connectivity index (χ1n) is 6.57. The number of hydrogen-bond acceptors (Lipinski definition) is 5. The number of carbonyl (C=O) groups is 1. The molecule has 0 N–H and O–H groups in total. The number of methoxy groups -OCH3 is 1. The van der Waals surface area contributed by atoms with Crippen LogP contribution in [0.1, 0.15) is 5.56 Å². The van der Waals surface area contributed by atoms with Crippen LogP contribution in [-0.4, -0.2) is 28.0 Å². The van der Waals surface area contributed by atoms with Crippen molar-refractivity contribution in [3.63, 3.8) is 0 Å². The number of thiophene rings is 1. The Kier molecular flexibility index (Phi) is 5.65. The highest BCUT2D eigenvalue weighted by molar-refractivity contribution is 7.94. The average molecular weight is 414 g/mol. The lowest BCUT2D eigenvalue weighted by Crippen LogP contribution is -2.36. The minimum atomic E-state index is -4.78. The summed E-state index contributed by atoms with van der Waals surface area (Å²) in [6.45, 7) is -0.782. The third kappa shape index (κ3) is 4.25. The van der Waals surface area contributed by atoms with Gasteiger partial charge in [0.2, 0.25) is 0 Å². The van der Waals surface area contributed by atoms with Crippen molar-refractivity contribution < 1.29 is 31.1 Å². The fourth-order valence-electron chi connectivity index (χ4n) is 1.90. The summed E-state index contributed by atoms with van der Waals surface area (Å²) in [4.78, 5) is 11.6. The van der Waals surface area contributed by atoms with Gasteiger partial charge in [0.25, 0.3) is 10.0 Å². The van der Waals surface area contributed by atoms with Crippen molar-refractivity contribution in [1.82, 2.24) is 0 Å². The Hall–Kier alpha value is -1.78. The number of ether oxygens (including phenoxy) is 1. The third-order valence-corrected chi connectivity index (χ3v) is 6.56. The van der Waals surface area contributed by atoms with Gasteiger partial charge in [0.15, 0.2) is 0 Å². The number of alkyl halides is 3. The fourth-order valence-corrected chi connectivity index (χ4v) is 4.63. The van der Waals surface area contributed by atoms with Gasteiger partial charge in [-0.3, -0.25) is 9.10 Å². The second-order valence-electron chi connectivity index (χ2n) is 4.68. The maximum Gasteiger partial charge on any atom is 0.417 e. The number of benzene rings is 1. The zero-order valence-electron chi connectivity index (χ0n) is 12.6. The van der Waals surface area contributed by atoms with Crippen LogP contribution in [0.5, 0.6) is 0 Å². The molecule has 5 nitrogen and oxygen atoms in total. The van der Waals surface area contributed by atoms with E-state index in [-0.39, 0.29) is 9.90 Å². The lowest BCUT2D eigenvalue weighted by atomic mass is 10.2. The molecular weight excluding hydrogens is 403 g/mol. The van der Waals surface area contributed by atoms with Crippen molar-refractivity contribution in [3.8, 4) is 0 Å². The van der Waals surface area contributed by atoms with Gasteiger partial charge < -0.3 is 4.74 Å². The van der Waals surface area contributed by atoms with Crippen LogP contribution in [-0.2, 0) is 25.7 Å². The molecule has 11 heteroatoms. The summed E-state index contributed by atoms with van der Waals surface area (Å²) in [6, 6.07) is 5.35. The van der Waals surface area contributed by atoms with Crippen LogP contribution in [0.3, 0.4) is 0 Å². The monoisotopic (exact) mass is 413 g/mol. The summed E-state index contributed by atoms with van der Waals surface area (Å²) in [5.41, 5.74) is -1.56. The molecule has 1 aromatic heterocycles. The number of rotatable bonds is 5. The van der Waals surface area contributed by atoms with Gasteiger partial charge >= 0.3 is 12.1 Å². The quantitative estimate of drug-likeness (QED) is 0.700. The maximum absolute atomic E-state index is 13.0. The van der Waals surface area contributed by atoms with E-state index in [4.69, 9.17) is 11.6 Å². The van der Waals surface area contributed by atoms with E-state index in [9.17, 15) is 26.4 Å². The smallest absolute Gasteiger partial charge is 0.417 e. The summed E-state index contributed by atoms with van der Waals surface area (Å²) in [7, 11) is -3.21. The van der Waals surface area contributed by atoms with Crippen LogP contribution in [0.4, 0.5) is 18.9 Å². The van der Waals surface area contributed by atoms with Gasteiger partial charge in [-0.2, -0.15) is 13.2 Å². The van der Waals surface area contributed by atoms with E-state index in [1.807, 2.05) is 0 Å². The van der Waals surface area contributed by atoms with Crippen molar-refractivity contribution in [2.24, 2.45) is 0 Å². The van der Waals surface area contributed by atoms with Gasteiger partial charge in [0.05, 0.1) is 23.4 Å². The van der Waals surface area contributed by atoms with E-state index >= 15 is 0 Å². The first kappa shape index (κ1) is 19.5. The highest BCUT2D eigenvalue weighted by Crippen LogP contribution is 2.38. The Bertz CT molecular complexity index is 867. The van der Waals surface area contributed by atoms with Crippen molar-refractivity contribution in [2.45, 2.75) is 10.4 Å². The molecular formula is C14H11ClF3NO4S2. The highest BCUT2D eigenvalue weighted by atomic mass is 35.5. The molecule has 0 saturated heterocycles. The van der Waals surface area contributed by atoms with E-state index in [1.165, 1.54) is 17.5 Å². The average Bonchev–Trinajstić information content (AvgIpc) is 3.07. The molecule has 1 aromatic carbocycles. The lowest BCUT2D eigenvalue weighted by Gasteiger charge is -2.23. The second-order valence-corrected chi connectivity index (χ2v) is 8.13. The van der Waals surface area contributed by atoms with Crippen LogP contribution >= 0.6 is 22.9 Å². The van der Waals surface area contributed by atoms with Crippen molar-refractivity contribution in [2.75, 3.05) is 18.0 Å². The van der Waals surface area contributed by atoms with Gasteiger partial charge in [-0.1, -0.05) is 17.7 Å². The van der Waals surface area contributed by atoms with Gasteiger partial charge in [-0.05, 0) is 29.6 Å². The zero-order valence-corrected chi connectivity index (χ0v) is 15.0. The Morgan fingerprint density at radius 3 is 2.52 bits per heavy atom. The maximum atomic E-state index is 13.0. The SMILES string of the molecule is COC(=O)CN(c1ccc(Cl)c(C(F)(F)F)c1)S(=O)(=O)c1cccs1. The molecule has 0 spiro atoms. The Morgan fingerprint density at radius 2 is 2.00 bits per heavy atom. The molecule has 0 atom stereocenters. The molecule has 0 aliphatic heterocycles. The Morgan fingerprint density at radius 1 is 1.32 bits per heavy atom. The molecule has 2 aromatic rings. The van der Waals surface area contributed by atoms with Crippen LogP contribution in [0, 0.1) is 0 Å². The molecule has 0 aliphatic rings. The first-order valence-corrected chi connectivity index (χ1v) is 9.27. The minimum Gasteiger partial charge on any atom is -0.468 e. The number of carbonyl (C=O) groups excluding carboxylic acids is 1. The van der Waals surface area contributed by atoms with Gasteiger partial charge in [0, 0.05) is 0 Å². The van der Waals surface area contributed by atoms with E-state index in [0.717, 1.165) is 30.6 Å². The standard InChI is InChI=1S/C14H11ClF3NO4S2/c1-23-12(20)8-19(25(21,22)13-3-2-6-24-13)9-4-5-11(15)10(7-9)14(16,17)18/h2-7H,8H2,1H3. The van der Waals surface area contributed by atoms with E-state index in [1.54, 1.807) is 0 Å². The molecule has 25 heavy (non-hydrogen) atoms. The van der Waals surface area contributed by atoms with Gasteiger partial charge in [0.1, 0.15) is 10.8 Å². The highest BCUT2D eigenvalue weighted by Gasteiger charge is 2.35. The zero-order chi connectivity index (χ0) is 18.8. The molecule has 0 fully saturated rings. The Labute approximate surface area is 150 Å². The molecule has 0 saturated carbocycles. The first-order chi connectivity index (χ1) is 11.6. The summed E-state index contributed by atoms with van der Waals surface area (Å²) in [5, 5.41) is 0.912. The van der Waals surface area contributed by atoms with Crippen LogP contribution in [0.2, 0.25) is 5.02 Å². The number of halogens is 4. The molecule has 2 rings (SSSR count). The molecule has 0 aliphatic carbocycles. The van der Waals surface area contributed by atoms with Gasteiger partial charge in [-0.15, -0.1) is 11.3 Å². The minimum absolute atomic E-state index is 0.125. The van der Waals surface area contributed by atoms with E-state index in [0.29, 0.717) is 10.4 Å². The van der Waals surface area contributed by atoms with Gasteiger partial charge in [-0.25, -0.2) is 8.42 Å². The summed E-state index contributed by atoms with van der Waals surface area (Å²) in [6.07, 6.45) is -4.78. The van der Waals surface area contributed by atoms with Crippen LogP contribution in [0.25, 0.3) is 0 Å². The van der Waals surface area contributed by atoms with Crippen molar-refractivity contribution in [3.05, 3.63) is 46.3 Å². The van der Waals surface area contributed by atoms with E-state index < -0.39 is 39.3 Å². The lowest BCUT2D eigenvalue weighted by molar-refractivity contribution is -0.138. The number of nitrogens with zero attached hydrogens (tertiary/aromatic N) is 1. The number of esters is 1. The third-order valence-electron chi connectivity index (χ3n) is 3.08. The summed E-state index contributed by atoms with van der Waals surface area (Å²) < 4.78 is 69.4. The predicted octanol–water partition coefficient (Wildman–Crippen LogP) is 3.79. The largest absolute Gasteiger partial charge is 0.468 e. The van der Waals surface area contributed by atoms with E-state index in [2.05, 4.69) is 4.74 Å². The van der Waals surface area contributed by atoms with Crippen molar-refractivity contribution >= 4 is 44.6 Å². The van der Waals surface area contributed by atoms with Crippen LogP contribution in [0.15, 0.2) is 39.9 Å². The van der Waals surface area contributed by atoms with Crippen molar-refractivity contribution in [1.29, 1.82) is 0 Å². The van der Waals surface area contributed by atoms with Crippen LogP contribution < -0.4 is 4.31 Å². The molecule has 0 radical (unpaired) electrons. The predicted molar refractivity (Wildman–Crippen MR) is 87.3 cm³/mol. The molecule has 1 heterocycles. The number of anilines is 1. The molecule has 0 bridgehead atoms. The molecule has 0 amide bonds. The number of hydrogen-bond donors (Lipinski definition) is 0. The topological polar surface area (TPSA) is 63.7 Å². The summed E-state index contributed by atoms with van der Waals surface area (Å²) in [5.74, 6) is -0.927. The Balaban J connectivity index is 2.59. The number of sulfonamides is 1.